The van der Waals surface area contributed by atoms with Crippen LogP contribution in [0.2, 0.25) is 0 Å². The van der Waals surface area contributed by atoms with Crippen LogP contribution in [-0.4, -0.2) is 15.9 Å². The van der Waals surface area contributed by atoms with Crippen molar-refractivity contribution in [2.24, 2.45) is 0 Å². The van der Waals surface area contributed by atoms with E-state index in [2.05, 4.69) is 15.3 Å². The van der Waals surface area contributed by atoms with Gasteiger partial charge in [-0.25, -0.2) is 9.97 Å². The third-order valence-electron chi connectivity index (χ3n) is 2.07. The van der Waals surface area contributed by atoms with Crippen molar-refractivity contribution in [1.82, 2.24) is 15.3 Å². The molecule has 1 amide bonds. The highest BCUT2D eigenvalue weighted by Crippen LogP contribution is 2.09. The van der Waals surface area contributed by atoms with Crippen molar-refractivity contribution in [3.8, 4) is 0 Å². The maximum atomic E-state index is 13.2. The Kier molecular flexibility index (Phi) is 3.43. The Hall–Kier alpha value is -1.82. The molecule has 6 heteroatoms. The van der Waals surface area contributed by atoms with Crippen LogP contribution in [0.4, 0.5) is 4.39 Å². The van der Waals surface area contributed by atoms with Gasteiger partial charge in [0.15, 0.2) is 0 Å². The topological polar surface area (TPSA) is 54.9 Å². The number of nitrogens with one attached hydrogen (secondary N) is 1. The summed E-state index contributed by atoms with van der Waals surface area (Å²) in [6.07, 6.45) is 1.30. The maximum absolute atomic E-state index is 13.2. The van der Waals surface area contributed by atoms with E-state index in [9.17, 15) is 9.18 Å². The second kappa shape index (κ2) is 5.01. The van der Waals surface area contributed by atoms with Crippen molar-refractivity contribution in [1.29, 1.82) is 0 Å². The molecule has 0 unspecified atom stereocenters. The number of hydrogen-bond donors (Lipinski definition) is 1. The van der Waals surface area contributed by atoms with Gasteiger partial charge in [-0.15, -0.1) is 11.3 Å². The summed E-state index contributed by atoms with van der Waals surface area (Å²) in [6.45, 7) is 2.17. The first-order valence-electron chi connectivity index (χ1n) is 4.96. The zero-order valence-electron chi connectivity index (χ0n) is 9.11. The highest BCUT2D eigenvalue weighted by molar-refractivity contribution is 7.09. The largest absolute Gasteiger partial charge is 0.345 e. The minimum absolute atomic E-state index is 0.0548. The Morgan fingerprint density at radius 3 is 3.06 bits per heavy atom. The van der Waals surface area contributed by atoms with Crippen LogP contribution < -0.4 is 5.32 Å². The molecular formula is C11H10FN3OS. The highest BCUT2D eigenvalue weighted by Gasteiger charge is 2.11. The van der Waals surface area contributed by atoms with Crippen molar-refractivity contribution >= 4 is 17.2 Å². The van der Waals surface area contributed by atoms with E-state index in [0.29, 0.717) is 6.54 Å². The molecule has 0 spiro atoms. The van der Waals surface area contributed by atoms with E-state index in [0.717, 1.165) is 10.7 Å². The number of amides is 1. The van der Waals surface area contributed by atoms with E-state index in [1.165, 1.54) is 29.7 Å². The minimum Gasteiger partial charge on any atom is -0.345 e. The Morgan fingerprint density at radius 1 is 1.59 bits per heavy atom. The van der Waals surface area contributed by atoms with Crippen LogP contribution in [0, 0.1) is 12.9 Å². The molecule has 17 heavy (non-hydrogen) atoms. The number of carbonyl (C=O) groups is 1. The first-order chi connectivity index (χ1) is 8.16. The van der Waals surface area contributed by atoms with E-state index < -0.39 is 11.9 Å². The van der Waals surface area contributed by atoms with Gasteiger partial charge in [0.1, 0.15) is 5.01 Å². The van der Waals surface area contributed by atoms with Gasteiger partial charge in [-0.05, 0) is 19.1 Å². The summed E-state index contributed by atoms with van der Waals surface area (Å²) >= 11 is 1.46. The van der Waals surface area contributed by atoms with Crippen LogP contribution in [0.25, 0.3) is 0 Å². The minimum atomic E-state index is -0.764. The molecule has 0 saturated carbocycles. The molecule has 4 nitrogen and oxygen atoms in total. The molecule has 0 aliphatic heterocycles. The smallest absolute Gasteiger partial charge is 0.256 e. The summed E-state index contributed by atoms with van der Waals surface area (Å²) < 4.78 is 13.2. The number of carbonyl (C=O) groups excluding carboxylic acids is 1. The van der Waals surface area contributed by atoms with Crippen LogP contribution in [-0.2, 0) is 6.54 Å². The molecule has 0 radical (unpaired) electrons. The third-order valence-corrected chi connectivity index (χ3v) is 3.04. The van der Waals surface area contributed by atoms with E-state index in [1.54, 1.807) is 0 Å². The van der Waals surface area contributed by atoms with Crippen molar-refractivity contribution < 1.29 is 9.18 Å². The fraction of sp³-hybridized carbons (Fsp3) is 0.182. The third kappa shape index (κ3) is 2.85. The van der Waals surface area contributed by atoms with Crippen molar-refractivity contribution in [2.45, 2.75) is 13.5 Å². The number of nitrogens with zero attached hydrogens (tertiary/aromatic N) is 2. The number of aromatic nitrogens is 2. The zero-order chi connectivity index (χ0) is 12.3. The Morgan fingerprint density at radius 2 is 2.41 bits per heavy atom. The predicted octanol–water partition coefficient (Wildman–Crippen LogP) is 1.92. The summed E-state index contributed by atoms with van der Waals surface area (Å²) in [5, 5.41) is 5.29. The second-order valence-electron chi connectivity index (χ2n) is 3.41. The standard InChI is InChI=1S/C11H10FN3OS/c1-7-6-17-9(15-7)5-14-11(16)8-3-2-4-13-10(8)12/h2-4,6H,5H2,1H3,(H,14,16). The average Bonchev–Trinajstić information content (AvgIpc) is 2.73. The quantitative estimate of drug-likeness (QED) is 0.848. The molecule has 2 rings (SSSR count). The van der Waals surface area contributed by atoms with Crippen LogP contribution in [0.1, 0.15) is 21.1 Å². The van der Waals surface area contributed by atoms with Gasteiger partial charge in [0.05, 0.1) is 12.1 Å². The first kappa shape index (κ1) is 11.7. The van der Waals surface area contributed by atoms with E-state index in [4.69, 9.17) is 0 Å². The number of aryl methyl sites for hydroxylation is 1. The normalized spacial score (nSPS) is 10.2. The van der Waals surface area contributed by atoms with Crippen LogP contribution in [0.15, 0.2) is 23.7 Å². The van der Waals surface area contributed by atoms with Gasteiger partial charge < -0.3 is 5.32 Å². The molecule has 0 aromatic carbocycles. The summed E-state index contributed by atoms with van der Waals surface area (Å²) in [5.74, 6) is -1.25. The summed E-state index contributed by atoms with van der Waals surface area (Å²) in [5.41, 5.74) is 0.854. The molecule has 0 fully saturated rings. The van der Waals surface area contributed by atoms with Crippen molar-refractivity contribution in [2.75, 3.05) is 0 Å². The van der Waals surface area contributed by atoms with Gasteiger partial charge in [-0.2, -0.15) is 4.39 Å². The summed E-state index contributed by atoms with van der Waals surface area (Å²) in [4.78, 5) is 19.2. The molecule has 1 N–H and O–H groups in total. The zero-order valence-corrected chi connectivity index (χ0v) is 9.92. The lowest BCUT2D eigenvalue weighted by atomic mass is 10.2. The molecule has 2 aromatic heterocycles. The van der Waals surface area contributed by atoms with Gasteiger partial charge >= 0.3 is 0 Å². The number of rotatable bonds is 3. The number of thiazole rings is 1. The lowest BCUT2D eigenvalue weighted by Crippen LogP contribution is -2.24. The van der Waals surface area contributed by atoms with Crippen molar-refractivity contribution in [3.05, 3.63) is 45.9 Å². The second-order valence-corrected chi connectivity index (χ2v) is 4.35. The fourth-order valence-corrected chi connectivity index (χ4v) is 2.00. The van der Waals surface area contributed by atoms with E-state index in [1.807, 2.05) is 12.3 Å². The summed E-state index contributed by atoms with van der Waals surface area (Å²) in [7, 11) is 0. The summed E-state index contributed by atoms with van der Waals surface area (Å²) in [6, 6.07) is 2.91. The SMILES string of the molecule is Cc1csc(CNC(=O)c2cccnc2F)n1. The van der Waals surface area contributed by atoms with E-state index in [-0.39, 0.29) is 5.56 Å². The molecule has 0 aliphatic rings. The molecule has 0 aliphatic carbocycles. The van der Waals surface area contributed by atoms with Gasteiger partial charge in [0.25, 0.3) is 5.91 Å². The van der Waals surface area contributed by atoms with Gasteiger partial charge in [-0.1, -0.05) is 0 Å². The van der Waals surface area contributed by atoms with Crippen LogP contribution in [0.3, 0.4) is 0 Å². The number of hydrogen-bond acceptors (Lipinski definition) is 4. The van der Waals surface area contributed by atoms with E-state index >= 15 is 0 Å². The fourth-order valence-electron chi connectivity index (χ4n) is 1.29. The molecule has 2 aromatic rings. The first-order valence-corrected chi connectivity index (χ1v) is 5.84. The maximum Gasteiger partial charge on any atom is 0.256 e. The van der Waals surface area contributed by atoms with Crippen LogP contribution in [0.5, 0.6) is 0 Å². The lowest BCUT2D eigenvalue weighted by molar-refractivity contribution is 0.0946. The predicted molar refractivity (Wildman–Crippen MR) is 62.2 cm³/mol. The molecule has 88 valence electrons. The van der Waals surface area contributed by atoms with Crippen molar-refractivity contribution in [3.63, 3.8) is 0 Å². The molecular weight excluding hydrogens is 241 g/mol. The molecule has 0 saturated heterocycles. The number of halogens is 1. The highest BCUT2D eigenvalue weighted by atomic mass is 32.1. The molecule has 0 atom stereocenters. The number of pyridine rings is 1. The van der Waals surface area contributed by atoms with Crippen LogP contribution >= 0.6 is 11.3 Å². The lowest BCUT2D eigenvalue weighted by Gasteiger charge is -2.03. The Labute approximate surface area is 102 Å². The monoisotopic (exact) mass is 251 g/mol. The van der Waals surface area contributed by atoms with Gasteiger partial charge in [0.2, 0.25) is 5.95 Å². The van der Waals surface area contributed by atoms with Gasteiger partial charge in [-0.3, -0.25) is 4.79 Å². The Balaban J connectivity index is 2.01. The van der Waals surface area contributed by atoms with Gasteiger partial charge in [0, 0.05) is 17.3 Å². The molecule has 0 bridgehead atoms. The molecule has 2 heterocycles. The Bertz CT molecular complexity index is 541. The average molecular weight is 251 g/mol.